The molecule has 0 spiro atoms. The molecule has 0 amide bonds. The van der Waals surface area contributed by atoms with Crippen molar-refractivity contribution < 1.29 is 4.79 Å². The van der Waals surface area contributed by atoms with Crippen LogP contribution in [-0.2, 0) is 0 Å². The van der Waals surface area contributed by atoms with Gasteiger partial charge in [0.05, 0.1) is 16.8 Å². The molecule has 154 valence electrons. The standard InChI is InChI=1S/C24H27N5O/c1-24(2,15-29(3)4)14-25-22-17-10-6-8-12-20(17)27-23(28-22)21-18(13-30)16-9-5-7-11-19(16)26-21/h5-13,26H,14-15H2,1-4H3,(H,25,27,28). The number of fused-ring (bicyclic) bond motifs is 2. The molecule has 4 rings (SSSR count). The molecule has 0 fully saturated rings. The normalized spacial score (nSPS) is 12.0. The summed E-state index contributed by atoms with van der Waals surface area (Å²) in [5, 5.41) is 5.37. The van der Waals surface area contributed by atoms with Crippen molar-refractivity contribution in [2.45, 2.75) is 13.8 Å². The van der Waals surface area contributed by atoms with Crippen LogP contribution in [0, 0.1) is 5.41 Å². The van der Waals surface area contributed by atoms with Crippen molar-refractivity contribution in [3.8, 4) is 11.5 Å². The average molecular weight is 402 g/mol. The Morgan fingerprint density at radius 1 is 1.03 bits per heavy atom. The molecule has 0 aliphatic heterocycles. The van der Waals surface area contributed by atoms with Crippen LogP contribution >= 0.6 is 0 Å². The molecular formula is C24H27N5O. The van der Waals surface area contributed by atoms with E-state index in [4.69, 9.17) is 9.97 Å². The van der Waals surface area contributed by atoms with E-state index in [2.05, 4.69) is 43.1 Å². The number of aromatic nitrogens is 3. The van der Waals surface area contributed by atoms with Crippen molar-refractivity contribution in [3.63, 3.8) is 0 Å². The van der Waals surface area contributed by atoms with Crippen molar-refractivity contribution in [2.24, 2.45) is 5.41 Å². The number of anilines is 1. The van der Waals surface area contributed by atoms with Crippen LogP contribution in [0.1, 0.15) is 24.2 Å². The van der Waals surface area contributed by atoms with Crippen LogP contribution in [0.2, 0.25) is 0 Å². The number of benzene rings is 2. The van der Waals surface area contributed by atoms with Gasteiger partial charge in [-0.15, -0.1) is 0 Å². The van der Waals surface area contributed by atoms with Gasteiger partial charge in [0.1, 0.15) is 5.82 Å². The number of carbonyl (C=O) groups excluding carboxylic acids is 1. The van der Waals surface area contributed by atoms with Gasteiger partial charge in [-0.2, -0.15) is 0 Å². The Hall–Kier alpha value is -3.25. The fourth-order valence-electron chi connectivity index (χ4n) is 4.02. The van der Waals surface area contributed by atoms with Crippen molar-refractivity contribution in [1.29, 1.82) is 0 Å². The van der Waals surface area contributed by atoms with Gasteiger partial charge in [-0.05, 0) is 37.7 Å². The fraction of sp³-hybridized carbons (Fsp3) is 0.292. The van der Waals surface area contributed by atoms with Gasteiger partial charge >= 0.3 is 0 Å². The topological polar surface area (TPSA) is 73.9 Å². The minimum absolute atomic E-state index is 0.0603. The van der Waals surface area contributed by atoms with Crippen LogP contribution in [0.25, 0.3) is 33.3 Å². The first-order valence-corrected chi connectivity index (χ1v) is 10.1. The predicted octanol–water partition coefficient (Wildman–Crippen LogP) is 4.59. The van der Waals surface area contributed by atoms with E-state index in [1.54, 1.807) is 0 Å². The lowest BCUT2D eigenvalue weighted by atomic mass is 9.93. The van der Waals surface area contributed by atoms with E-state index in [0.29, 0.717) is 17.1 Å². The Labute approximate surface area is 176 Å². The summed E-state index contributed by atoms with van der Waals surface area (Å²) in [5.74, 6) is 1.29. The van der Waals surface area contributed by atoms with Crippen LogP contribution in [0.15, 0.2) is 48.5 Å². The lowest BCUT2D eigenvalue weighted by molar-refractivity contribution is 0.112. The van der Waals surface area contributed by atoms with Crippen molar-refractivity contribution in [1.82, 2.24) is 19.9 Å². The van der Waals surface area contributed by atoms with Crippen molar-refractivity contribution in [3.05, 3.63) is 54.1 Å². The minimum atomic E-state index is 0.0603. The van der Waals surface area contributed by atoms with Gasteiger partial charge in [0.15, 0.2) is 12.1 Å². The molecule has 4 aromatic rings. The number of H-pyrrole nitrogens is 1. The first-order chi connectivity index (χ1) is 14.4. The van der Waals surface area contributed by atoms with Crippen LogP contribution in [0.4, 0.5) is 5.82 Å². The Balaban J connectivity index is 1.80. The molecule has 0 atom stereocenters. The summed E-state index contributed by atoms with van der Waals surface area (Å²) < 4.78 is 0. The van der Waals surface area contributed by atoms with E-state index in [9.17, 15) is 4.79 Å². The van der Waals surface area contributed by atoms with Gasteiger partial charge in [-0.1, -0.05) is 44.2 Å². The highest BCUT2D eigenvalue weighted by molar-refractivity contribution is 6.04. The molecular weight excluding hydrogens is 374 g/mol. The highest BCUT2D eigenvalue weighted by Gasteiger charge is 2.21. The largest absolute Gasteiger partial charge is 0.369 e. The zero-order valence-electron chi connectivity index (χ0n) is 17.9. The van der Waals surface area contributed by atoms with E-state index in [-0.39, 0.29) is 5.41 Å². The maximum Gasteiger partial charge on any atom is 0.179 e. The molecule has 0 radical (unpaired) electrons. The fourth-order valence-corrected chi connectivity index (χ4v) is 4.02. The van der Waals surface area contributed by atoms with Gasteiger partial charge in [0.2, 0.25) is 0 Å². The average Bonchev–Trinajstić information content (AvgIpc) is 3.09. The van der Waals surface area contributed by atoms with E-state index >= 15 is 0 Å². The highest BCUT2D eigenvalue weighted by Crippen LogP contribution is 2.30. The molecule has 30 heavy (non-hydrogen) atoms. The summed E-state index contributed by atoms with van der Waals surface area (Å²) in [6.07, 6.45) is 0.875. The molecule has 0 bridgehead atoms. The number of carbonyl (C=O) groups is 1. The number of aromatic amines is 1. The lowest BCUT2D eigenvalue weighted by Gasteiger charge is -2.29. The molecule has 2 aromatic carbocycles. The Bertz CT molecular complexity index is 1210. The number of hydrogen-bond acceptors (Lipinski definition) is 5. The van der Waals surface area contributed by atoms with E-state index in [1.165, 1.54) is 0 Å². The van der Waals surface area contributed by atoms with Crippen molar-refractivity contribution >= 4 is 33.9 Å². The second-order valence-corrected chi connectivity index (χ2v) is 8.75. The monoisotopic (exact) mass is 401 g/mol. The van der Waals surface area contributed by atoms with Crippen LogP contribution < -0.4 is 5.32 Å². The summed E-state index contributed by atoms with van der Waals surface area (Å²) >= 11 is 0. The van der Waals surface area contributed by atoms with E-state index in [0.717, 1.165) is 47.0 Å². The summed E-state index contributed by atoms with van der Waals surface area (Å²) in [6, 6.07) is 15.7. The molecule has 0 aliphatic carbocycles. The second kappa shape index (κ2) is 7.88. The van der Waals surface area contributed by atoms with Crippen LogP contribution in [-0.4, -0.2) is 53.3 Å². The molecule has 0 saturated carbocycles. The number of hydrogen-bond donors (Lipinski definition) is 2. The number of rotatable bonds is 7. The Kier molecular flexibility index (Phi) is 5.26. The summed E-state index contributed by atoms with van der Waals surface area (Å²) in [7, 11) is 4.16. The van der Waals surface area contributed by atoms with Gasteiger partial charge < -0.3 is 15.2 Å². The van der Waals surface area contributed by atoms with Gasteiger partial charge in [0.25, 0.3) is 0 Å². The summed E-state index contributed by atoms with van der Waals surface area (Å²) in [4.78, 5) is 27.0. The summed E-state index contributed by atoms with van der Waals surface area (Å²) in [5.41, 5.74) is 3.02. The Morgan fingerprint density at radius 2 is 1.73 bits per heavy atom. The van der Waals surface area contributed by atoms with Crippen molar-refractivity contribution in [2.75, 3.05) is 32.5 Å². The molecule has 2 N–H and O–H groups in total. The number of aldehydes is 1. The maximum absolute atomic E-state index is 11.9. The molecule has 0 saturated heterocycles. The third-order valence-electron chi connectivity index (χ3n) is 5.17. The third-order valence-corrected chi connectivity index (χ3v) is 5.17. The Morgan fingerprint density at radius 3 is 2.47 bits per heavy atom. The molecule has 0 aliphatic rings. The van der Waals surface area contributed by atoms with Gasteiger partial charge in [-0.25, -0.2) is 9.97 Å². The third kappa shape index (κ3) is 3.91. The second-order valence-electron chi connectivity index (χ2n) is 8.75. The maximum atomic E-state index is 11.9. The predicted molar refractivity (Wildman–Crippen MR) is 123 cm³/mol. The summed E-state index contributed by atoms with van der Waals surface area (Å²) in [6.45, 7) is 6.17. The smallest absolute Gasteiger partial charge is 0.179 e. The molecule has 2 heterocycles. The van der Waals surface area contributed by atoms with Gasteiger partial charge in [-0.3, -0.25) is 4.79 Å². The van der Waals surface area contributed by atoms with E-state index < -0.39 is 0 Å². The number of para-hydroxylation sites is 2. The molecule has 0 unspecified atom stereocenters. The number of nitrogens with zero attached hydrogens (tertiary/aromatic N) is 3. The molecule has 2 aromatic heterocycles. The SMILES string of the molecule is CN(C)CC(C)(C)CNc1nc(-c2[nH]c3ccccc3c2C=O)nc2ccccc12. The first-order valence-electron chi connectivity index (χ1n) is 10.1. The molecule has 6 heteroatoms. The zero-order chi connectivity index (χ0) is 21.3. The minimum Gasteiger partial charge on any atom is -0.369 e. The highest BCUT2D eigenvalue weighted by atomic mass is 16.1. The lowest BCUT2D eigenvalue weighted by Crippen LogP contribution is -2.34. The quantitative estimate of drug-likeness (QED) is 0.443. The zero-order valence-corrected chi connectivity index (χ0v) is 17.9. The van der Waals surface area contributed by atoms with Crippen LogP contribution in [0.5, 0.6) is 0 Å². The first kappa shape index (κ1) is 20.0. The van der Waals surface area contributed by atoms with Crippen LogP contribution in [0.3, 0.4) is 0 Å². The molecule has 6 nitrogen and oxygen atoms in total. The van der Waals surface area contributed by atoms with Gasteiger partial charge in [0, 0.05) is 29.4 Å². The number of nitrogens with one attached hydrogen (secondary N) is 2. The van der Waals surface area contributed by atoms with E-state index in [1.807, 2.05) is 48.5 Å².